The summed E-state index contributed by atoms with van der Waals surface area (Å²) in [5, 5.41) is 24.7. The van der Waals surface area contributed by atoms with E-state index >= 15 is 0 Å². The maximum atomic E-state index is 11.1. The lowest BCUT2D eigenvalue weighted by Gasteiger charge is -2.35. The number of piperazine rings is 1. The van der Waals surface area contributed by atoms with Crippen molar-refractivity contribution in [3.8, 4) is 5.75 Å². The molecular weight excluding hydrogens is 409 g/mol. The highest BCUT2D eigenvalue weighted by Crippen LogP contribution is 2.39. The second kappa shape index (κ2) is 10.3. The number of benzene rings is 1. The molecule has 1 aliphatic rings. The molecule has 2 N–H and O–H groups in total. The molecule has 1 saturated heterocycles. The summed E-state index contributed by atoms with van der Waals surface area (Å²) in [5.41, 5.74) is 0.644. The molecule has 0 aliphatic carbocycles. The second-order valence-corrected chi connectivity index (χ2v) is 6.07. The number of halogens is 3. The van der Waals surface area contributed by atoms with E-state index in [0.717, 1.165) is 39.0 Å². The van der Waals surface area contributed by atoms with Crippen molar-refractivity contribution in [2.45, 2.75) is 25.8 Å². The Labute approximate surface area is 156 Å². The third-order valence-corrected chi connectivity index (χ3v) is 4.41. The van der Waals surface area contributed by atoms with Crippen LogP contribution in [0.2, 0.25) is 0 Å². The number of aromatic hydroxyl groups is 1. The molecule has 1 atom stereocenters. The van der Waals surface area contributed by atoms with Gasteiger partial charge in [0.2, 0.25) is 0 Å². The molecular formula is C14H22BrCl2N3O3. The molecule has 1 aromatic carbocycles. The first-order valence-electron chi connectivity index (χ1n) is 7.16. The summed E-state index contributed by atoms with van der Waals surface area (Å²) in [4.78, 5) is 12.9. The van der Waals surface area contributed by atoms with Crippen LogP contribution in [0.25, 0.3) is 0 Å². The molecule has 0 aromatic heterocycles. The van der Waals surface area contributed by atoms with E-state index in [9.17, 15) is 15.2 Å². The highest BCUT2D eigenvalue weighted by atomic mass is 79.9. The van der Waals surface area contributed by atoms with Crippen molar-refractivity contribution in [3.05, 3.63) is 32.3 Å². The normalized spacial score (nSPS) is 16.1. The van der Waals surface area contributed by atoms with Crippen molar-refractivity contribution < 1.29 is 10.0 Å². The van der Waals surface area contributed by atoms with Gasteiger partial charge in [-0.25, -0.2) is 0 Å². The Balaban J connectivity index is 0.00000242. The van der Waals surface area contributed by atoms with Crippen molar-refractivity contribution in [1.82, 2.24) is 10.2 Å². The third-order valence-electron chi connectivity index (χ3n) is 3.80. The monoisotopic (exact) mass is 429 g/mol. The van der Waals surface area contributed by atoms with Crippen molar-refractivity contribution in [3.63, 3.8) is 0 Å². The molecule has 1 aromatic rings. The predicted molar refractivity (Wildman–Crippen MR) is 99.0 cm³/mol. The molecule has 0 saturated carbocycles. The lowest BCUT2D eigenvalue weighted by Crippen LogP contribution is -2.45. The molecule has 2 rings (SSSR count). The van der Waals surface area contributed by atoms with Gasteiger partial charge in [-0.1, -0.05) is 13.3 Å². The Kier molecular flexibility index (Phi) is 10.0. The first-order valence-corrected chi connectivity index (χ1v) is 7.95. The topological polar surface area (TPSA) is 78.6 Å². The van der Waals surface area contributed by atoms with E-state index in [4.69, 9.17) is 0 Å². The SMILES string of the molecule is CCC[C@@H](c1cc([N+](=O)[O-])cc(Br)c1O)N1CCNCC1.Cl.Cl. The number of nitro groups is 1. The molecule has 0 amide bonds. The number of rotatable bonds is 5. The maximum Gasteiger partial charge on any atom is 0.271 e. The largest absolute Gasteiger partial charge is 0.506 e. The summed E-state index contributed by atoms with van der Waals surface area (Å²) in [6, 6.07) is 2.86. The standard InChI is InChI=1S/C14H20BrN3O3.2ClH/c1-2-3-13(17-6-4-16-5-7-17)11-8-10(18(20)21)9-12(15)14(11)19;;/h8-9,13,16,19H,2-7H2,1H3;2*1H/t13-;;/m0../s1. The zero-order valence-corrected chi connectivity index (χ0v) is 16.0. The fraction of sp³-hybridized carbons (Fsp3) is 0.571. The van der Waals surface area contributed by atoms with Crippen LogP contribution in [-0.2, 0) is 0 Å². The molecule has 0 spiro atoms. The van der Waals surface area contributed by atoms with E-state index in [1.807, 2.05) is 0 Å². The zero-order chi connectivity index (χ0) is 15.4. The van der Waals surface area contributed by atoms with Gasteiger partial charge in [-0.2, -0.15) is 0 Å². The summed E-state index contributed by atoms with van der Waals surface area (Å²) in [7, 11) is 0. The molecule has 1 heterocycles. The molecule has 132 valence electrons. The second-order valence-electron chi connectivity index (χ2n) is 5.21. The van der Waals surface area contributed by atoms with Crippen LogP contribution < -0.4 is 5.32 Å². The van der Waals surface area contributed by atoms with Crippen molar-refractivity contribution in [2.24, 2.45) is 0 Å². The van der Waals surface area contributed by atoms with E-state index in [1.54, 1.807) is 0 Å². The number of hydrogen-bond donors (Lipinski definition) is 2. The van der Waals surface area contributed by atoms with E-state index in [0.29, 0.717) is 10.0 Å². The van der Waals surface area contributed by atoms with Gasteiger partial charge in [-0.3, -0.25) is 15.0 Å². The number of phenolic OH excluding ortho intramolecular Hbond substituents is 1. The summed E-state index contributed by atoms with van der Waals surface area (Å²) < 4.78 is 0.378. The number of phenols is 1. The number of nitrogens with zero attached hydrogens (tertiary/aromatic N) is 2. The molecule has 0 unspecified atom stereocenters. The number of nitrogens with one attached hydrogen (secondary N) is 1. The van der Waals surface area contributed by atoms with Gasteiger partial charge in [0.25, 0.3) is 5.69 Å². The van der Waals surface area contributed by atoms with Crippen LogP contribution in [-0.4, -0.2) is 41.1 Å². The first-order chi connectivity index (χ1) is 10.0. The van der Waals surface area contributed by atoms with Crippen molar-refractivity contribution >= 4 is 46.4 Å². The van der Waals surface area contributed by atoms with Crippen LogP contribution in [0.4, 0.5) is 5.69 Å². The lowest BCUT2D eigenvalue weighted by atomic mass is 9.98. The molecule has 9 heteroatoms. The number of nitro benzene ring substituents is 1. The highest BCUT2D eigenvalue weighted by Gasteiger charge is 2.27. The Hall–Kier alpha value is -0.600. The quantitative estimate of drug-likeness (QED) is 0.550. The highest BCUT2D eigenvalue weighted by molar-refractivity contribution is 9.10. The van der Waals surface area contributed by atoms with Gasteiger partial charge in [0, 0.05) is 49.9 Å². The zero-order valence-electron chi connectivity index (χ0n) is 12.8. The van der Waals surface area contributed by atoms with E-state index in [-0.39, 0.29) is 42.3 Å². The van der Waals surface area contributed by atoms with Gasteiger partial charge in [0.05, 0.1) is 9.40 Å². The minimum absolute atomic E-state index is 0. The molecule has 0 radical (unpaired) electrons. The smallest absolute Gasteiger partial charge is 0.271 e. The summed E-state index contributed by atoms with van der Waals surface area (Å²) in [6.45, 7) is 5.64. The Bertz CT molecular complexity index is 528. The first kappa shape index (κ1) is 22.4. The fourth-order valence-corrected chi connectivity index (χ4v) is 3.23. The van der Waals surface area contributed by atoms with Gasteiger partial charge in [-0.15, -0.1) is 24.8 Å². The van der Waals surface area contributed by atoms with Crippen LogP contribution in [0.5, 0.6) is 5.75 Å². The van der Waals surface area contributed by atoms with Crippen molar-refractivity contribution in [1.29, 1.82) is 0 Å². The summed E-state index contributed by atoms with van der Waals surface area (Å²) in [6.07, 6.45) is 1.81. The van der Waals surface area contributed by atoms with Crippen molar-refractivity contribution in [2.75, 3.05) is 26.2 Å². The van der Waals surface area contributed by atoms with E-state index < -0.39 is 4.92 Å². The minimum Gasteiger partial charge on any atom is -0.506 e. The van der Waals surface area contributed by atoms with Gasteiger partial charge in [0.15, 0.2) is 0 Å². The molecule has 1 fully saturated rings. The average molecular weight is 431 g/mol. The van der Waals surface area contributed by atoms with Gasteiger partial charge in [0.1, 0.15) is 5.75 Å². The summed E-state index contributed by atoms with van der Waals surface area (Å²) >= 11 is 3.22. The predicted octanol–water partition coefficient (Wildman–Crippen LogP) is 3.65. The minimum atomic E-state index is -0.422. The average Bonchev–Trinajstić information content (AvgIpc) is 2.48. The van der Waals surface area contributed by atoms with Gasteiger partial charge in [-0.05, 0) is 22.4 Å². The van der Waals surface area contributed by atoms with Gasteiger partial charge >= 0.3 is 0 Å². The number of non-ortho nitro benzene ring substituents is 1. The fourth-order valence-electron chi connectivity index (χ4n) is 2.77. The van der Waals surface area contributed by atoms with Crippen LogP contribution in [0.1, 0.15) is 31.4 Å². The molecule has 1 aliphatic heterocycles. The van der Waals surface area contributed by atoms with Crippen LogP contribution in [0, 0.1) is 10.1 Å². The van der Waals surface area contributed by atoms with Gasteiger partial charge < -0.3 is 10.4 Å². The Morgan fingerprint density at radius 2 is 2.00 bits per heavy atom. The Morgan fingerprint density at radius 1 is 1.39 bits per heavy atom. The maximum absolute atomic E-state index is 11.1. The van der Waals surface area contributed by atoms with Crippen LogP contribution >= 0.6 is 40.7 Å². The Morgan fingerprint density at radius 3 is 2.52 bits per heavy atom. The van der Waals surface area contributed by atoms with E-state index in [1.165, 1.54) is 12.1 Å². The lowest BCUT2D eigenvalue weighted by molar-refractivity contribution is -0.385. The number of hydrogen-bond acceptors (Lipinski definition) is 5. The van der Waals surface area contributed by atoms with E-state index in [2.05, 4.69) is 33.1 Å². The third kappa shape index (κ3) is 5.46. The summed E-state index contributed by atoms with van der Waals surface area (Å²) in [5.74, 6) is 0.109. The molecule has 6 nitrogen and oxygen atoms in total. The molecule has 23 heavy (non-hydrogen) atoms. The molecule has 0 bridgehead atoms. The van der Waals surface area contributed by atoms with Crippen LogP contribution in [0.3, 0.4) is 0 Å². The van der Waals surface area contributed by atoms with Crippen LogP contribution in [0.15, 0.2) is 16.6 Å².